The number of pyridine rings is 1. The predicted octanol–water partition coefficient (Wildman–Crippen LogP) is 3.91. The van der Waals surface area contributed by atoms with Crippen molar-refractivity contribution in [3.63, 3.8) is 0 Å². The minimum absolute atomic E-state index is 0. The molecule has 4 rings (SSSR count). The lowest BCUT2D eigenvalue weighted by Crippen LogP contribution is -2.39. The molecule has 2 aromatic heterocycles. The Bertz CT molecular complexity index is 685. The Morgan fingerprint density at radius 2 is 1.96 bits per heavy atom. The van der Waals surface area contributed by atoms with Crippen molar-refractivity contribution in [2.45, 2.75) is 44.2 Å². The van der Waals surface area contributed by atoms with E-state index >= 15 is 0 Å². The van der Waals surface area contributed by atoms with Crippen LogP contribution in [0.2, 0.25) is 0 Å². The second-order valence-corrected chi connectivity index (χ2v) is 7.34. The predicted molar refractivity (Wildman–Crippen MR) is 106 cm³/mol. The molecule has 1 amide bonds. The number of hydrogen-bond donors (Lipinski definition) is 2. The van der Waals surface area contributed by atoms with Crippen LogP contribution in [0.1, 0.15) is 32.1 Å². The van der Waals surface area contributed by atoms with Gasteiger partial charge in [0.2, 0.25) is 5.91 Å². The van der Waals surface area contributed by atoms with E-state index in [-0.39, 0.29) is 30.7 Å². The van der Waals surface area contributed by atoms with Gasteiger partial charge in [-0.1, -0.05) is 6.07 Å². The topological polar surface area (TPSA) is 66.9 Å². The lowest BCUT2D eigenvalue weighted by atomic mass is 9.89. The first-order valence-electron chi connectivity index (χ1n) is 8.19. The van der Waals surface area contributed by atoms with Gasteiger partial charge in [0.05, 0.1) is 5.69 Å². The number of hydrogen-bond acceptors (Lipinski definition) is 5. The fraction of sp³-hybridized carbons (Fsp3) is 0.471. The van der Waals surface area contributed by atoms with Crippen LogP contribution >= 0.6 is 36.2 Å². The molecule has 8 heteroatoms. The third-order valence-electron chi connectivity index (χ3n) is 4.72. The number of carbonyl (C=O) groups is 1. The largest absolute Gasteiger partial charge is 0.311 e. The second-order valence-electron chi connectivity index (χ2n) is 6.48. The van der Waals surface area contributed by atoms with E-state index < -0.39 is 0 Å². The molecule has 0 radical (unpaired) electrons. The van der Waals surface area contributed by atoms with E-state index in [0.717, 1.165) is 24.2 Å². The van der Waals surface area contributed by atoms with Crippen molar-refractivity contribution >= 4 is 47.2 Å². The van der Waals surface area contributed by atoms with E-state index in [9.17, 15) is 4.79 Å². The molecule has 2 atom stereocenters. The lowest BCUT2D eigenvalue weighted by molar-refractivity contribution is -0.117. The molecule has 4 heterocycles. The zero-order valence-corrected chi connectivity index (χ0v) is 16.1. The van der Waals surface area contributed by atoms with Crippen LogP contribution in [0, 0.1) is 5.92 Å². The van der Waals surface area contributed by atoms with Crippen LogP contribution in [0.5, 0.6) is 0 Å². The smallest absolute Gasteiger partial charge is 0.226 e. The Labute approximate surface area is 163 Å². The van der Waals surface area contributed by atoms with Gasteiger partial charge in [0.15, 0.2) is 5.13 Å². The first-order valence-corrected chi connectivity index (χ1v) is 9.07. The summed E-state index contributed by atoms with van der Waals surface area (Å²) in [5.41, 5.74) is 1.64. The zero-order chi connectivity index (χ0) is 15.6. The summed E-state index contributed by atoms with van der Waals surface area (Å²) in [4.78, 5) is 21.0. The number of thiazole rings is 1. The van der Waals surface area contributed by atoms with Crippen molar-refractivity contribution in [1.29, 1.82) is 0 Å². The molecule has 2 fully saturated rings. The molecule has 0 spiro atoms. The standard InChI is InChI=1S/C17H20N4OS.2ClH/c22-16(9-11-7-12-4-5-13(8-11)19-12)21-17-20-15(10-23-17)14-3-1-2-6-18-14;;/h1-3,6,10-13,19H,4-5,7-9H2,(H,20,21,22);2*1H. The van der Waals surface area contributed by atoms with E-state index in [4.69, 9.17) is 0 Å². The molecule has 0 aliphatic carbocycles. The molecule has 2 aliphatic heterocycles. The SMILES string of the molecule is Cl.Cl.O=C(CC1CC2CCC(C1)N2)Nc1nc(-c2ccccn2)cs1. The van der Waals surface area contributed by atoms with Gasteiger partial charge in [-0.3, -0.25) is 9.78 Å². The summed E-state index contributed by atoms with van der Waals surface area (Å²) in [7, 11) is 0. The highest BCUT2D eigenvalue weighted by Crippen LogP contribution is 2.33. The van der Waals surface area contributed by atoms with E-state index in [1.165, 1.54) is 24.2 Å². The van der Waals surface area contributed by atoms with Crippen molar-refractivity contribution in [1.82, 2.24) is 15.3 Å². The fourth-order valence-corrected chi connectivity index (χ4v) is 4.46. The highest BCUT2D eigenvalue weighted by atomic mass is 35.5. The molecule has 25 heavy (non-hydrogen) atoms. The summed E-state index contributed by atoms with van der Waals surface area (Å²) in [6, 6.07) is 6.99. The monoisotopic (exact) mass is 400 g/mol. The summed E-state index contributed by atoms with van der Waals surface area (Å²) in [6.07, 6.45) is 7.14. The summed E-state index contributed by atoms with van der Waals surface area (Å²) in [6.45, 7) is 0. The Hall–Kier alpha value is -1.21. The molecule has 2 saturated heterocycles. The van der Waals surface area contributed by atoms with Gasteiger partial charge in [-0.15, -0.1) is 36.2 Å². The summed E-state index contributed by atoms with van der Waals surface area (Å²) in [5, 5.41) is 9.16. The molecule has 5 nitrogen and oxygen atoms in total. The molecule has 136 valence electrons. The highest BCUT2D eigenvalue weighted by Gasteiger charge is 2.34. The maximum atomic E-state index is 12.3. The van der Waals surface area contributed by atoms with Crippen LogP contribution in [0.4, 0.5) is 5.13 Å². The Balaban J connectivity index is 0.00000113. The summed E-state index contributed by atoms with van der Waals surface area (Å²) < 4.78 is 0. The minimum Gasteiger partial charge on any atom is -0.311 e. The Morgan fingerprint density at radius 1 is 1.20 bits per heavy atom. The van der Waals surface area contributed by atoms with Crippen molar-refractivity contribution in [3.8, 4) is 11.4 Å². The average molecular weight is 401 g/mol. The van der Waals surface area contributed by atoms with Gasteiger partial charge in [0.25, 0.3) is 0 Å². The molecular weight excluding hydrogens is 379 g/mol. The lowest BCUT2D eigenvalue weighted by Gasteiger charge is -2.28. The van der Waals surface area contributed by atoms with Gasteiger partial charge in [0, 0.05) is 30.1 Å². The summed E-state index contributed by atoms with van der Waals surface area (Å²) in [5.74, 6) is 0.585. The van der Waals surface area contributed by atoms with Crippen LogP contribution in [0.3, 0.4) is 0 Å². The average Bonchev–Trinajstić information content (AvgIpc) is 3.15. The first kappa shape index (κ1) is 20.1. The Morgan fingerprint density at radius 3 is 2.64 bits per heavy atom. The molecule has 2 bridgehead atoms. The zero-order valence-electron chi connectivity index (χ0n) is 13.7. The van der Waals surface area contributed by atoms with Crippen LogP contribution in [0.25, 0.3) is 11.4 Å². The number of rotatable bonds is 4. The van der Waals surface area contributed by atoms with Crippen molar-refractivity contribution in [2.75, 3.05) is 5.32 Å². The van der Waals surface area contributed by atoms with E-state index in [1.54, 1.807) is 6.20 Å². The quantitative estimate of drug-likeness (QED) is 0.815. The molecule has 2 aliphatic rings. The number of amides is 1. The van der Waals surface area contributed by atoms with Gasteiger partial charge < -0.3 is 10.6 Å². The molecule has 2 aromatic rings. The number of halogens is 2. The molecule has 0 saturated carbocycles. The number of nitrogens with one attached hydrogen (secondary N) is 2. The van der Waals surface area contributed by atoms with E-state index in [2.05, 4.69) is 20.6 Å². The van der Waals surface area contributed by atoms with Gasteiger partial charge >= 0.3 is 0 Å². The van der Waals surface area contributed by atoms with Crippen LogP contribution in [-0.4, -0.2) is 28.0 Å². The summed E-state index contributed by atoms with van der Waals surface area (Å²) >= 11 is 1.45. The van der Waals surface area contributed by atoms with Crippen molar-refractivity contribution in [2.24, 2.45) is 5.92 Å². The van der Waals surface area contributed by atoms with E-state index in [1.807, 2.05) is 23.6 Å². The molecule has 2 unspecified atom stereocenters. The molecule has 2 N–H and O–H groups in total. The van der Waals surface area contributed by atoms with Crippen LogP contribution in [-0.2, 0) is 4.79 Å². The van der Waals surface area contributed by atoms with E-state index in [0.29, 0.717) is 29.6 Å². The van der Waals surface area contributed by atoms with Gasteiger partial charge in [0.1, 0.15) is 5.69 Å². The third kappa shape index (κ3) is 4.91. The third-order valence-corrected chi connectivity index (χ3v) is 5.48. The number of fused-ring (bicyclic) bond motifs is 2. The normalized spacial score (nSPS) is 24.1. The highest BCUT2D eigenvalue weighted by molar-refractivity contribution is 7.14. The Kier molecular flexibility index (Phi) is 7.19. The van der Waals surface area contributed by atoms with Crippen molar-refractivity contribution < 1.29 is 4.79 Å². The maximum absolute atomic E-state index is 12.3. The number of carbonyl (C=O) groups excluding carboxylic acids is 1. The number of nitrogens with zero attached hydrogens (tertiary/aromatic N) is 2. The minimum atomic E-state index is 0. The van der Waals surface area contributed by atoms with Gasteiger partial charge in [-0.05, 0) is 43.7 Å². The van der Waals surface area contributed by atoms with Crippen molar-refractivity contribution in [3.05, 3.63) is 29.8 Å². The number of piperidine rings is 1. The molecule has 0 aromatic carbocycles. The fourth-order valence-electron chi connectivity index (χ4n) is 3.74. The van der Waals surface area contributed by atoms with Crippen LogP contribution < -0.4 is 10.6 Å². The number of anilines is 1. The maximum Gasteiger partial charge on any atom is 0.226 e. The first-order chi connectivity index (χ1) is 11.3. The van der Waals surface area contributed by atoms with Crippen LogP contribution in [0.15, 0.2) is 29.8 Å². The second kappa shape index (κ2) is 8.94. The number of aromatic nitrogens is 2. The molecular formula is C17H22Cl2N4OS. The van der Waals surface area contributed by atoms with Gasteiger partial charge in [-0.2, -0.15) is 0 Å². The van der Waals surface area contributed by atoms with Gasteiger partial charge in [-0.25, -0.2) is 4.98 Å².